The highest BCUT2D eigenvalue weighted by Crippen LogP contribution is 2.27. The van der Waals surface area contributed by atoms with Gasteiger partial charge in [0, 0.05) is 11.1 Å². The highest BCUT2D eigenvalue weighted by Gasteiger charge is 2.26. The lowest BCUT2D eigenvalue weighted by Crippen LogP contribution is -2.35. The zero-order valence-corrected chi connectivity index (χ0v) is 8.91. The average Bonchev–Trinajstić information content (AvgIpc) is 2.12. The molecule has 0 unspecified atom stereocenters. The lowest BCUT2D eigenvalue weighted by molar-refractivity contribution is 0.393. The number of halogens is 2. The first-order valence-corrected chi connectivity index (χ1v) is 4.54. The van der Waals surface area contributed by atoms with Crippen LogP contribution in [0.25, 0.3) is 0 Å². The van der Waals surface area contributed by atoms with Gasteiger partial charge in [-0.2, -0.15) is 0 Å². The summed E-state index contributed by atoms with van der Waals surface area (Å²) in [6.45, 7) is 5.12. The van der Waals surface area contributed by atoms with Crippen molar-refractivity contribution in [1.82, 2.24) is 5.32 Å². The Hall–Kier alpha value is -0.960. The lowest BCUT2D eigenvalue weighted by Gasteiger charge is -2.26. The Morgan fingerprint density at radius 1 is 1.21 bits per heavy atom. The predicted molar refractivity (Wildman–Crippen MR) is 53.2 cm³/mol. The quantitative estimate of drug-likeness (QED) is 0.772. The normalized spacial score (nSPS) is 11.9. The summed E-state index contributed by atoms with van der Waals surface area (Å²) in [5, 5.41) is 2.89. The number of rotatable bonds is 2. The number of aryl methyl sites for hydroxylation is 1. The van der Waals surface area contributed by atoms with Crippen molar-refractivity contribution in [2.75, 3.05) is 7.05 Å². The molecule has 0 aromatic heterocycles. The summed E-state index contributed by atoms with van der Waals surface area (Å²) in [6.07, 6.45) is 0. The Morgan fingerprint density at radius 2 is 1.79 bits per heavy atom. The predicted octanol–water partition coefficient (Wildman–Crippen LogP) is 2.73. The maximum Gasteiger partial charge on any atom is 0.134 e. The molecule has 1 rings (SSSR count). The fraction of sp³-hybridized carbons (Fsp3) is 0.455. The molecule has 0 amide bonds. The van der Waals surface area contributed by atoms with Gasteiger partial charge < -0.3 is 5.32 Å². The van der Waals surface area contributed by atoms with Crippen LogP contribution < -0.4 is 5.32 Å². The van der Waals surface area contributed by atoms with E-state index in [1.165, 1.54) is 12.1 Å². The third-order valence-electron chi connectivity index (χ3n) is 2.53. The van der Waals surface area contributed by atoms with Crippen molar-refractivity contribution in [3.63, 3.8) is 0 Å². The maximum atomic E-state index is 13.7. The monoisotopic (exact) mass is 199 g/mol. The molecule has 0 radical (unpaired) electrons. The van der Waals surface area contributed by atoms with E-state index < -0.39 is 17.2 Å². The van der Waals surface area contributed by atoms with Gasteiger partial charge in [0.05, 0.1) is 0 Å². The fourth-order valence-electron chi connectivity index (χ4n) is 1.35. The van der Waals surface area contributed by atoms with E-state index in [2.05, 4.69) is 5.32 Å². The summed E-state index contributed by atoms with van der Waals surface area (Å²) in [4.78, 5) is 0. The van der Waals surface area contributed by atoms with Crippen LogP contribution in [0.4, 0.5) is 8.78 Å². The Balaban J connectivity index is 3.40. The van der Waals surface area contributed by atoms with E-state index in [-0.39, 0.29) is 5.56 Å². The Labute approximate surface area is 83.1 Å². The van der Waals surface area contributed by atoms with Crippen LogP contribution in [0.5, 0.6) is 0 Å². The highest BCUT2D eigenvalue weighted by molar-refractivity contribution is 5.31. The van der Waals surface area contributed by atoms with Crippen LogP contribution in [-0.2, 0) is 5.54 Å². The van der Waals surface area contributed by atoms with Crippen molar-refractivity contribution < 1.29 is 8.78 Å². The molecule has 78 valence electrons. The highest BCUT2D eigenvalue weighted by atomic mass is 19.1. The van der Waals surface area contributed by atoms with Crippen LogP contribution in [0.1, 0.15) is 25.0 Å². The minimum atomic E-state index is -0.694. The van der Waals surface area contributed by atoms with Gasteiger partial charge in [0.1, 0.15) is 11.6 Å². The van der Waals surface area contributed by atoms with E-state index in [0.29, 0.717) is 5.56 Å². The summed E-state index contributed by atoms with van der Waals surface area (Å²) in [5.74, 6) is -0.975. The maximum absolute atomic E-state index is 13.7. The molecular formula is C11H15F2N. The van der Waals surface area contributed by atoms with E-state index in [1.807, 2.05) is 0 Å². The molecule has 0 atom stereocenters. The first kappa shape index (κ1) is 11.1. The third-order valence-corrected chi connectivity index (χ3v) is 2.53. The van der Waals surface area contributed by atoms with E-state index in [9.17, 15) is 8.78 Å². The second kappa shape index (κ2) is 3.65. The molecule has 0 fully saturated rings. The van der Waals surface area contributed by atoms with Crippen molar-refractivity contribution in [2.24, 2.45) is 0 Å². The lowest BCUT2D eigenvalue weighted by atomic mass is 9.92. The van der Waals surface area contributed by atoms with Crippen molar-refractivity contribution in [3.05, 3.63) is 34.9 Å². The van der Waals surface area contributed by atoms with Crippen LogP contribution >= 0.6 is 0 Å². The van der Waals surface area contributed by atoms with Gasteiger partial charge in [0.25, 0.3) is 0 Å². The molecule has 1 aromatic rings. The van der Waals surface area contributed by atoms with E-state index >= 15 is 0 Å². The Bertz CT molecular complexity index is 345. The fourth-order valence-corrected chi connectivity index (χ4v) is 1.35. The second-order valence-electron chi connectivity index (χ2n) is 3.93. The largest absolute Gasteiger partial charge is 0.311 e. The van der Waals surface area contributed by atoms with Crippen LogP contribution in [0.15, 0.2) is 12.1 Å². The molecule has 1 aromatic carbocycles. The number of hydrogen-bond donors (Lipinski definition) is 1. The van der Waals surface area contributed by atoms with Gasteiger partial charge in [-0.25, -0.2) is 8.78 Å². The molecule has 0 bridgehead atoms. The zero-order valence-electron chi connectivity index (χ0n) is 8.91. The standard InChI is InChI=1S/C11H15F2N/c1-7-5-6-8(12)9(10(7)13)11(2,3)14-4/h5-6,14H,1-4H3. The Morgan fingerprint density at radius 3 is 2.29 bits per heavy atom. The molecule has 1 N–H and O–H groups in total. The van der Waals surface area contributed by atoms with Crippen LogP contribution in [0.2, 0.25) is 0 Å². The van der Waals surface area contributed by atoms with Crippen molar-refractivity contribution in [1.29, 1.82) is 0 Å². The molecular weight excluding hydrogens is 184 g/mol. The summed E-state index contributed by atoms with van der Waals surface area (Å²) >= 11 is 0. The van der Waals surface area contributed by atoms with E-state index in [4.69, 9.17) is 0 Å². The van der Waals surface area contributed by atoms with Crippen molar-refractivity contribution in [3.8, 4) is 0 Å². The molecule has 0 spiro atoms. The first-order valence-electron chi connectivity index (χ1n) is 4.54. The van der Waals surface area contributed by atoms with Crippen LogP contribution in [0.3, 0.4) is 0 Å². The minimum absolute atomic E-state index is 0.0972. The molecule has 0 aliphatic rings. The summed E-state index contributed by atoms with van der Waals surface area (Å²) in [6, 6.07) is 2.74. The molecule has 0 heterocycles. The molecule has 3 heteroatoms. The second-order valence-corrected chi connectivity index (χ2v) is 3.93. The SMILES string of the molecule is CNC(C)(C)c1c(F)ccc(C)c1F. The molecule has 14 heavy (non-hydrogen) atoms. The van der Waals surface area contributed by atoms with Gasteiger partial charge in [0.15, 0.2) is 0 Å². The van der Waals surface area contributed by atoms with Crippen LogP contribution in [-0.4, -0.2) is 7.05 Å². The van der Waals surface area contributed by atoms with Gasteiger partial charge in [0.2, 0.25) is 0 Å². The molecule has 1 nitrogen and oxygen atoms in total. The van der Waals surface area contributed by atoms with Gasteiger partial charge in [-0.1, -0.05) is 6.07 Å². The number of benzene rings is 1. The molecule has 0 aliphatic carbocycles. The summed E-state index contributed by atoms with van der Waals surface area (Å²) in [5.41, 5.74) is -0.134. The summed E-state index contributed by atoms with van der Waals surface area (Å²) in [7, 11) is 1.68. The van der Waals surface area contributed by atoms with Gasteiger partial charge in [-0.05, 0) is 39.4 Å². The number of hydrogen-bond acceptors (Lipinski definition) is 1. The van der Waals surface area contributed by atoms with Gasteiger partial charge in [-0.3, -0.25) is 0 Å². The average molecular weight is 199 g/mol. The first-order chi connectivity index (χ1) is 6.40. The topological polar surface area (TPSA) is 12.0 Å². The molecule has 0 aliphatic heterocycles. The smallest absolute Gasteiger partial charge is 0.134 e. The summed E-state index contributed by atoms with van der Waals surface area (Å²) < 4.78 is 27.1. The number of nitrogens with one attached hydrogen (secondary N) is 1. The van der Waals surface area contributed by atoms with E-state index in [1.54, 1.807) is 27.8 Å². The van der Waals surface area contributed by atoms with Gasteiger partial charge in [-0.15, -0.1) is 0 Å². The van der Waals surface area contributed by atoms with Gasteiger partial charge >= 0.3 is 0 Å². The zero-order chi connectivity index (χ0) is 10.9. The third kappa shape index (κ3) is 1.77. The van der Waals surface area contributed by atoms with Crippen molar-refractivity contribution >= 4 is 0 Å². The van der Waals surface area contributed by atoms with E-state index in [0.717, 1.165) is 0 Å². The minimum Gasteiger partial charge on any atom is -0.311 e. The van der Waals surface area contributed by atoms with Crippen LogP contribution in [0, 0.1) is 18.6 Å². The molecule has 0 saturated carbocycles. The van der Waals surface area contributed by atoms with Crippen molar-refractivity contribution in [2.45, 2.75) is 26.3 Å². The molecule has 0 saturated heterocycles. The Kier molecular flexibility index (Phi) is 2.90.